The third-order valence-corrected chi connectivity index (χ3v) is 3.25. The van der Waals surface area contributed by atoms with Gasteiger partial charge in [-0.3, -0.25) is 4.79 Å². The van der Waals surface area contributed by atoms with Crippen LogP contribution in [0.25, 0.3) is 0 Å². The number of oxime groups is 1. The van der Waals surface area contributed by atoms with Gasteiger partial charge < -0.3 is 26.7 Å². The Morgan fingerprint density at radius 2 is 2.05 bits per heavy atom. The quantitative estimate of drug-likeness (QED) is 0.283. The van der Waals surface area contributed by atoms with Crippen LogP contribution in [0.3, 0.4) is 0 Å². The van der Waals surface area contributed by atoms with E-state index in [1.165, 1.54) is 6.07 Å². The number of primary amides is 1. The number of nitrogens with two attached hydrogens (primary N) is 2. The summed E-state index contributed by atoms with van der Waals surface area (Å²) in [7, 11) is 0. The van der Waals surface area contributed by atoms with Crippen LogP contribution in [0.2, 0.25) is 0 Å². The van der Waals surface area contributed by atoms with E-state index in [1.54, 1.807) is 26.2 Å². The van der Waals surface area contributed by atoms with Crippen LogP contribution < -0.4 is 16.8 Å². The van der Waals surface area contributed by atoms with Crippen molar-refractivity contribution in [2.75, 3.05) is 0 Å². The Bertz CT molecular complexity index is 562. The van der Waals surface area contributed by atoms with E-state index in [2.05, 4.69) is 10.5 Å². The highest BCUT2D eigenvalue weighted by atomic mass is 32.1. The highest BCUT2D eigenvalue weighted by Crippen LogP contribution is 2.22. The zero-order valence-corrected chi connectivity index (χ0v) is 12.7. The number of nitrogens with one attached hydrogen (secondary N) is 1. The van der Waals surface area contributed by atoms with Crippen molar-refractivity contribution in [1.29, 1.82) is 0 Å². The lowest BCUT2D eigenvalue weighted by Crippen LogP contribution is -2.40. The van der Waals surface area contributed by atoms with Gasteiger partial charge in [0.2, 0.25) is 5.91 Å². The molecule has 1 atom stereocenters. The molecule has 1 aromatic rings. The molecule has 0 saturated heterocycles. The summed E-state index contributed by atoms with van der Waals surface area (Å²) in [6, 6.07) is 0.456. The van der Waals surface area contributed by atoms with Crippen LogP contribution >= 0.6 is 11.3 Å². The number of carbonyl (C=O) groups is 2. The first-order valence-corrected chi connectivity index (χ1v) is 6.87. The van der Waals surface area contributed by atoms with Gasteiger partial charge in [0.25, 0.3) is 0 Å². The van der Waals surface area contributed by atoms with Crippen molar-refractivity contribution in [3.63, 3.8) is 0 Å². The van der Waals surface area contributed by atoms with Crippen LogP contribution in [-0.2, 0) is 9.53 Å². The second-order valence-corrected chi connectivity index (χ2v) is 6.15. The molecule has 2 amide bonds. The normalized spacial score (nSPS) is 13.6. The number of alkyl carbamates (subject to hydrolysis) is 1. The third-order valence-electron chi connectivity index (χ3n) is 2.25. The number of nitrogens with zero attached hydrogens (tertiary/aromatic N) is 1. The first kappa shape index (κ1) is 16.8. The van der Waals surface area contributed by atoms with Crippen LogP contribution in [-0.4, -0.2) is 28.6 Å². The van der Waals surface area contributed by atoms with E-state index in [0.29, 0.717) is 10.4 Å². The minimum absolute atomic E-state index is 0.0991. The summed E-state index contributed by atoms with van der Waals surface area (Å²) in [5.74, 6) is -0.841. The van der Waals surface area contributed by atoms with E-state index in [4.69, 9.17) is 21.4 Å². The molecule has 0 radical (unpaired) electrons. The molecule has 1 unspecified atom stereocenters. The van der Waals surface area contributed by atoms with Gasteiger partial charge in [0, 0.05) is 15.8 Å². The molecule has 1 rings (SSSR count). The molecule has 0 spiro atoms. The Balaban J connectivity index is 2.90. The van der Waals surface area contributed by atoms with Crippen LogP contribution in [0, 0.1) is 0 Å². The molecule has 1 heterocycles. The number of carbonyl (C=O) groups excluding carboxylic acids is 2. The molecule has 8 nitrogen and oxygen atoms in total. The van der Waals surface area contributed by atoms with Crippen LogP contribution in [0.5, 0.6) is 0 Å². The van der Waals surface area contributed by atoms with Crippen molar-refractivity contribution < 1.29 is 19.5 Å². The molecule has 9 heteroatoms. The molecule has 0 aliphatic heterocycles. The van der Waals surface area contributed by atoms with Gasteiger partial charge in [0.15, 0.2) is 5.84 Å². The van der Waals surface area contributed by atoms with Gasteiger partial charge in [-0.25, -0.2) is 4.79 Å². The fourth-order valence-electron chi connectivity index (χ4n) is 1.40. The summed E-state index contributed by atoms with van der Waals surface area (Å²) in [6.45, 7) is 5.11. The van der Waals surface area contributed by atoms with Crippen molar-refractivity contribution in [3.8, 4) is 0 Å². The SMILES string of the molecule is CC(C)(C)OC(=O)NC(C(N)=O)c1cc(/C(N)=N/O)cs1. The predicted octanol–water partition coefficient (Wildman–Crippen LogP) is 0.894. The molecule has 21 heavy (non-hydrogen) atoms. The maximum absolute atomic E-state index is 11.7. The summed E-state index contributed by atoms with van der Waals surface area (Å²) in [6.07, 6.45) is -0.759. The van der Waals surface area contributed by atoms with E-state index in [1.807, 2.05) is 0 Å². The van der Waals surface area contributed by atoms with Gasteiger partial charge in [-0.2, -0.15) is 0 Å². The lowest BCUT2D eigenvalue weighted by atomic mass is 10.2. The topological polar surface area (TPSA) is 140 Å². The molecular weight excluding hydrogens is 296 g/mol. The van der Waals surface area contributed by atoms with E-state index in [-0.39, 0.29) is 5.84 Å². The summed E-state index contributed by atoms with van der Waals surface area (Å²) < 4.78 is 5.07. The Morgan fingerprint density at radius 3 is 2.52 bits per heavy atom. The smallest absolute Gasteiger partial charge is 0.408 e. The van der Waals surface area contributed by atoms with Crippen molar-refractivity contribution >= 4 is 29.2 Å². The van der Waals surface area contributed by atoms with Crippen molar-refractivity contribution in [2.24, 2.45) is 16.6 Å². The molecule has 0 aromatic carbocycles. The summed E-state index contributed by atoms with van der Waals surface area (Å²) in [5, 5.41) is 15.4. The Kier molecular flexibility index (Phi) is 5.14. The van der Waals surface area contributed by atoms with Crippen LogP contribution in [0.4, 0.5) is 4.79 Å². The van der Waals surface area contributed by atoms with Gasteiger partial charge in [0.1, 0.15) is 11.6 Å². The number of hydrogen-bond donors (Lipinski definition) is 4. The van der Waals surface area contributed by atoms with Gasteiger partial charge in [0.05, 0.1) is 0 Å². The fraction of sp³-hybridized carbons (Fsp3) is 0.417. The molecule has 0 bridgehead atoms. The van der Waals surface area contributed by atoms with Crippen molar-refractivity contribution in [3.05, 3.63) is 21.9 Å². The average Bonchev–Trinajstić information content (AvgIpc) is 2.81. The summed E-state index contributed by atoms with van der Waals surface area (Å²) >= 11 is 1.15. The predicted molar refractivity (Wildman–Crippen MR) is 78.1 cm³/mol. The second-order valence-electron chi connectivity index (χ2n) is 5.20. The molecule has 0 fully saturated rings. The minimum Gasteiger partial charge on any atom is -0.444 e. The molecular formula is C12H18N4O4S. The number of thiophene rings is 1. The fourth-order valence-corrected chi connectivity index (χ4v) is 2.36. The van der Waals surface area contributed by atoms with Gasteiger partial charge >= 0.3 is 6.09 Å². The van der Waals surface area contributed by atoms with Gasteiger partial charge in [-0.15, -0.1) is 11.3 Å². The van der Waals surface area contributed by atoms with Gasteiger partial charge in [-0.1, -0.05) is 5.16 Å². The molecule has 0 aliphatic rings. The molecule has 1 aromatic heterocycles. The third kappa shape index (κ3) is 4.95. The number of hydrogen-bond acceptors (Lipinski definition) is 6. The standard InChI is InChI=1S/C12H18N4O4S/c1-12(2,3)20-11(18)15-8(10(14)17)7-4-6(5-21-7)9(13)16-19/h4-5,8,19H,1-3H3,(H2,13,16)(H2,14,17)(H,15,18). The largest absolute Gasteiger partial charge is 0.444 e. The number of amides is 2. The van der Waals surface area contributed by atoms with Crippen LogP contribution in [0.15, 0.2) is 16.6 Å². The Hall–Kier alpha value is -2.29. The maximum atomic E-state index is 11.7. The van der Waals surface area contributed by atoms with E-state index >= 15 is 0 Å². The lowest BCUT2D eigenvalue weighted by molar-refractivity contribution is -0.120. The van der Waals surface area contributed by atoms with Crippen molar-refractivity contribution in [2.45, 2.75) is 32.4 Å². The highest BCUT2D eigenvalue weighted by Gasteiger charge is 2.25. The molecule has 0 saturated carbocycles. The maximum Gasteiger partial charge on any atom is 0.408 e. The average molecular weight is 314 g/mol. The van der Waals surface area contributed by atoms with E-state index < -0.39 is 23.6 Å². The molecule has 116 valence electrons. The Morgan fingerprint density at radius 1 is 1.43 bits per heavy atom. The number of rotatable bonds is 4. The zero-order chi connectivity index (χ0) is 16.2. The summed E-state index contributed by atoms with van der Waals surface area (Å²) in [5.41, 5.74) is 10.5. The minimum atomic E-state index is -1.05. The van der Waals surface area contributed by atoms with Crippen LogP contribution in [0.1, 0.15) is 37.3 Å². The second kappa shape index (κ2) is 6.44. The first-order valence-electron chi connectivity index (χ1n) is 5.99. The summed E-state index contributed by atoms with van der Waals surface area (Å²) in [4.78, 5) is 23.7. The van der Waals surface area contributed by atoms with Gasteiger partial charge in [-0.05, 0) is 26.8 Å². The monoisotopic (exact) mass is 314 g/mol. The number of amidine groups is 1. The lowest BCUT2D eigenvalue weighted by Gasteiger charge is -2.21. The zero-order valence-electron chi connectivity index (χ0n) is 11.9. The molecule has 0 aliphatic carbocycles. The van der Waals surface area contributed by atoms with E-state index in [9.17, 15) is 9.59 Å². The molecule has 6 N–H and O–H groups in total. The first-order chi connectivity index (χ1) is 9.64. The highest BCUT2D eigenvalue weighted by molar-refractivity contribution is 7.10. The number of ether oxygens (including phenoxy) is 1. The van der Waals surface area contributed by atoms with E-state index in [0.717, 1.165) is 11.3 Å². The Labute approximate surface area is 125 Å². The van der Waals surface area contributed by atoms with Crippen molar-refractivity contribution in [1.82, 2.24) is 5.32 Å².